The Morgan fingerprint density at radius 3 is 1.55 bits per heavy atom. The van der Waals surface area contributed by atoms with Crippen LogP contribution in [0.25, 0.3) is 132 Å². The van der Waals surface area contributed by atoms with E-state index in [4.69, 9.17) is 16.5 Å². The summed E-state index contributed by atoms with van der Waals surface area (Å²) in [6.07, 6.45) is 0.984. The van der Waals surface area contributed by atoms with Gasteiger partial charge in [-0.3, -0.25) is 0 Å². The number of rotatable bonds is 5. The van der Waals surface area contributed by atoms with Gasteiger partial charge in [0.05, 0.1) is 34.7 Å². The zero-order valence-electron chi connectivity index (χ0n) is 42.9. The van der Waals surface area contributed by atoms with E-state index in [2.05, 4.69) is 220 Å². The zero-order chi connectivity index (χ0) is 51.3. The van der Waals surface area contributed by atoms with Crippen LogP contribution in [0.3, 0.4) is 0 Å². The summed E-state index contributed by atoms with van der Waals surface area (Å²) in [6, 6.07) is 82.2. The van der Waals surface area contributed by atoms with E-state index < -0.39 is 0 Å². The van der Waals surface area contributed by atoms with Crippen molar-refractivity contribution >= 4 is 109 Å². The first-order chi connectivity index (χ1) is 38.2. The highest BCUT2D eigenvalue weighted by molar-refractivity contribution is 6.29. The maximum atomic E-state index is 6.62. The van der Waals surface area contributed by atoms with Gasteiger partial charge in [0.15, 0.2) is 11.2 Å². The normalized spacial score (nSPS) is 12.1. The van der Waals surface area contributed by atoms with Crippen molar-refractivity contribution in [3.8, 4) is 28.3 Å². The first-order valence-electron chi connectivity index (χ1n) is 26.7. The van der Waals surface area contributed by atoms with Gasteiger partial charge in [-0.15, -0.1) is 0 Å². The van der Waals surface area contributed by atoms with Gasteiger partial charge >= 0.3 is 0 Å². The summed E-state index contributed by atoms with van der Waals surface area (Å²) in [5.41, 5.74) is 19.8. The van der Waals surface area contributed by atoms with Gasteiger partial charge in [-0.25, -0.2) is 0 Å². The molecule has 5 heterocycles. The van der Waals surface area contributed by atoms with E-state index in [1.54, 1.807) is 7.11 Å². The highest BCUT2D eigenvalue weighted by Gasteiger charge is 2.28. The van der Waals surface area contributed by atoms with Crippen molar-refractivity contribution in [1.29, 1.82) is 0 Å². The van der Waals surface area contributed by atoms with Crippen molar-refractivity contribution < 1.29 is 16.5 Å². The first kappa shape index (κ1) is 44.7. The molecule has 0 atom stereocenters. The second kappa shape index (κ2) is 17.7. The van der Waals surface area contributed by atoms with Crippen molar-refractivity contribution in [1.82, 2.24) is 13.7 Å². The lowest BCUT2D eigenvalue weighted by molar-refractivity contribution is 0.414. The Balaban J connectivity index is 0.000000145. The molecule has 372 valence electrons. The molecule has 0 saturated heterocycles. The average molecular weight is 1000 g/mol. The van der Waals surface area contributed by atoms with E-state index in [1.165, 1.54) is 82.2 Å². The largest absolute Gasteiger partial charge is 0.497 e. The molecule has 0 unspecified atom stereocenters. The van der Waals surface area contributed by atoms with Crippen LogP contribution in [0.4, 0.5) is 0 Å². The van der Waals surface area contributed by atoms with Crippen LogP contribution in [0.15, 0.2) is 239 Å². The number of benzene rings is 11. The van der Waals surface area contributed by atoms with Crippen LogP contribution in [0.1, 0.15) is 34.5 Å². The lowest BCUT2D eigenvalue weighted by Crippen LogP contribution is -1.99. The zero-order valence-corrected chi connectivity index (χ0v) is 40.9. The molecule has 6 heteroatoms. The minimum Gasteiger partial charge on any atom is -0.497 e. The molecule has 6 nitrogen and oxygen atoms in total. The van der Waals surface area contributed by atoms with Crippen LogP contribution in [0, 0.1) is 0 Å². The van der Waals surface area contributed by atoms with Gasteiger partial charge in [0.2, 0.25) is 0 Å². The van der Waals surface area contributed by atoms with Crippen molar-refractivity contribution in [2.24, 2.45) is 0 Å². The third kappa shape index (κ3) is 6.68. The molecule has 16 aromatic rings. The van der Waals surface area contributed by atoms with Crippen LogP contribution >= 0.6 is 0 Å². The Morgan fingerprint density at radius 2 is 0.909 bits per heavy atom. The maximum Gasteiger partial charge on any atom is 0.160 e. The molecule has 0 N–H and O–H groups in total. The summed E-state index contributed by atoms with van der Waals surface area (Å²) in [5.74, 6) is 0.868. The molecule has 0 amide bonds. The quantitative estimate of drug-likeness (QED) is 0.173. The van der Waals surface area contributed by atoms with Gasteiger partial charge in [-0.2, -0.15) is 0 Å². The molecule has 0 fully saturated rings. The highest BCUT2D eigenvalue weighted by atomic mass is 16.5. The molecule has 11 aromatic carbocycles. The van der Waals surface area contributed by atoms with E-state index >= 15 is 0 Å². The second-order valence-electron chi connectivity index (χ2n) is 19.9. The van der Waals surface area contributed by atoms with E-state index in [1.807, 2.05) is 24.3 Å². The van der Waals surface area contributed by atoms with Crippen molar-refractivity contribution in [2.45, 2.75) is 27.8 Å². The average Bonchev–Trinajstić information content (AvgIpc) is 4.29. The third-order valence-electron chi connectivity index (χ3n) is 15.9. The van der Waals surface area contributed by atoms with Crippen LogP contribution in [0.5, 0.6) is 5.75 Å². The van der Waals surface area contributed by atoms with Crippen LogP contribution in [0.2, 0.25) is 0 Å². The minimum atomic E-state index is 0. The molecule has 1 aliphatic rings. The Hall–Kier alpha value is -9.78. The fraction of sp³-hybridized carbons (Fsp3) is 0.0704. The van der Waals surface area contributed by atoms with E-state index in [-0.39, 0.29) is 14.9 Å². The fourth-order valence-electron chi connectivity index (χ4n) is 12.6. The second-order valence-corrected chi connectivity index (χ2v) is 19.9. The molecule has 17 rings (SSSR count). The standard InChI is InChI=1S/C38H26N2O2.C31H19NO.2CH4.H2/c1-41-26-17-15-24(16-18-26)23-39-32-13-7-5-12-31(32)35-33(39)22-21-28-29-19-20-30-27-11-6-8-14-34(27)42-38(30)37(29)40(36(28)35)25-9-3-2-4-10-25;1-2-9-21(10-3-1)32-29-24(15-14-20-18-19-8-4-5-11-22(19)28(20)29)25-16-17-26-23-12-6-7-13-27(23)33-31(26)30(25)32;;;/h2-22H,23H2,1H3;1-17H,18H2;2*1H4;1H/i;;;;1+1D. The summed E-state index contributed by atoms with van der Waals surface area (Å²) >= 11 is 0. The number of aromatic nitrogens is 3. The van der Waals surface area contributed by atoms with Crippen LogP contribution in [-0.2, 0) is 13.0 Å². The molecule has 0 spiro atoms. The molecule has 1 aliphatic carbocycles. The van der Waals surface area contributed by atoms with Crippen molar-refractivity contribution in [3.05, 3.63) is 247 Å². The third-order valence-corrected chi connectivity index (χ3v) is 15.9. The number of methoxy groups -OCH3 is 1. The number of nitrogens with zero attached hydrogens (tertiary/aromatic N) is 3. The Morgan fingerprint density at radius 1 is 0.416 bits per heavy atom. The van der Waals surface area contributed by atoms with Gasteiger partial charge in [-0.1, -0.05) is 173 Å². The Bertz CT molecular complexity index is 4990. The van der Waals surface area contributed by atoms with Gasteiger partial charge < -0.3 is 27.3 Å². The van der Waals surface area contributed by atoms with Gasteiger partial charge in [0.1, 0.15) is 16.9 Å². The molecule has 77 heavy (non-hydrogen) atoms. The number of hydrogen-bond acceptors (Lipinski definition) is 3. The van der Waals surface area contributed by atoms with Crippen molar-refractivity contribution in [2.75, 3.05) is 7.11 Å². The first-order valence-corrected chi connectivity index (χ1v) is 25.7. The summed E-state index contributed by atoms with van der Waals surface area (Å²) in [4.78, 5) is 0. The molecule has 0 aliphatic heterocycles. The maximum absolute atomic E-state index is 6.62. The molecule has 0 bridgehead atoms. The smallest absolute Gasteiger partial charge is 0.160 e. The van der Waals surface area contributed by atoms with Gasteiger partial charge in [0.25, 0.3) is 0 Å². The molecular formula is C71H55N3O3. The number of fused-ring (bicyclic) bond motifs is 22. The predicted octanol–water partition coefficient (Wildman–Crippen LogP) is 19.6. The Labute approximate surface area is 447 Å². The van der Waals surface area contributed by atoms with E-state index in [0.29, 0.717) is 0 Å². The molecule has 5 aromatic heterocycles. The monoisotopic (exact) mass is 999 g/mol. The molecule has 0 radical (unpaired) electrons. The van der Waals surface area contributed by atoms with Crippen molar-refractivity contribution in [3.63, 3.8) is 0 Å². The topological polar surface area (TPSA) is 50.3 Å². The number of para-hydroxylation sites is 5. The summed E-state index contributed by atoms with van der Waals surface area (Å²) in [6.45, 7) is 0.763. The summed E-state index contributed by atoms with van der Waals surface area (Å²) in [5, 5.41) is 12.0. The summed E-state index contributed by atoms with van der Waals surface area (Å²) in [7, 11) is 1.71. The predicted molar refractivity (Wildman–Crippen MR) is 325 cm³/mol. The number of hydrogen-bond donors (Lipinski definition) is 0. The van der Waals surface area contributed by atoms with Crippen LogP contribution < -0.4 is 4.74 Å². The van der Waals surface area contributed by atoms with E-state index in [0.717, 1.165) is 85.0 Å². The summed E-state index contributed by atoms with van der Waals surface area (Å²) < 4.78 is 35.8. The van der Waals surface area contributed by atoms with Gasteiger partial charge in [-0.05, 0) is 101 Å². The number of furan rings is 2. The SMILES string of the molecule is C.C.COc1ccc(Cn2c3ccccc3c3c2ccc2c4ccc5c6ccccc6oc5c4n(-c4ccccc4)c23)cc1.[2H][2H].c1ccc(-n2c3c4c(ccc3c3ccc5c6ccccc6oc5c32)Cc2ccccc2-4)cc1. The fourth-order valence-corrected chi connectivity index (χ4v) is 12.6. The lowest BCUT2D eigenvalue weighted by atomic mass is 10.0. The molecule has 0 saturated carbocycles. The van der Waals surface area contributed by atoms with E-state index in [9.17, 15) is 0 Å². The van der Waals surface area contributed by atoms with Gasteiger partial charge in [0, 0.05) is 85.8 Å². The number of ether oxygens (including phenoxy) is 1. The highest BCUT2D eigenvalue weighted by Crippen LogP contribution is 2.48. The Kier molecular flexibility index (Phi) is 10.3. The molecular weight excluding hydrogens is 943 g/mol. The minimum absolute atomic E-state index is 0. The van der Waals surface area contributed by atoms with Crippen LogP contribution in [-0.4, -0.2) is 20.8 Å². The lowest BCUT2D eigenvalue weighted by Gasteiger charge is -2.11.